The molecule has 1 N–H and O–H groups in total. The van der Waals surface area contributed by atoms with Crippen LogP contribution in [0.15, 0.2) is 60.7 Å². The number of fused-ring (bicyclic) bond motifs is 1. The van der Waals surface area contributed by atoms with Gasteiger partial charge in [-0.3, -0.25) is 29.4 Å². The molecule has 0 bridgehead atoms. The van der Waals surface area contributed by atoms with Gasteiger partial charge in [0.1, 0.15) is 11.5 Å². The number of imide groups is 1. The molecular weight excluding hydrogens is 502 g/mol. The third-order valence-electron chi connectivity index (χ3n) is 6.09. The number of nitro benzene ring substituents is 1. The summed E-state index contributed by atoms with van der Waals surface area (Å²) in [5.41, 5.74) is 0.829. The van der Waals surface area contributed by atoms with Gasteiger partial charge in [-0.2, -0.15) is 0 Å². The molecule has 3 amide bonds. The Hall–Kier alpha value is -4.28. The van der Waals surface area contributed by atoms with E-state index in [2.05, 4.69) is 5.32 Å². The Morgan fingerprint density at radius 1 is 1.08 bits per heavy atom. The molecule has 37 heavy (non-hydrogen) atoms. The molecule has 5 rings (SSSR count). The fourth-order valence-electron chi connectivity index (χ4n) is 4.26. The predicted molar refractivity (Wildman–Crippen MR) is 133 cm³/mol. The summed E-state index contributed by atoms with van der Waals surface area (Å²) < 4.78 is 11.5. The van der Waals surface area contributed by atoms with E-state index in [9.17, 15) is 24.5 Å². The van der Waals surface area contributed by atoms with Crippen LogP contribution < -0.4 is 10.1 Å². The van der Waals surface area contributed by atoms with Crippen molar-refractivity contribution in [3.8, 4) is 11.5 Å². The minimum absolute atomic E-state index is 0.0509. The number of anilines is 1. The average Bonchev–Trinajstić information content (AvgIpc) is 3.47. The lowest BCUT2D eigenvalue weighted by atomic mass is 10.1. The van der Waals surface area contributed by atoms with E-state index < -0.39 is 10.8 Å². The quantitative estimate of drug-likeness (QED) is 0.261. The molecule has 2 aliphatic heterocycles. The Balaban J connectivity index is 1.29. The van der Waals surface area contributed by atoms with Crippen LogP contribution >= 0.6 is 11.6 Å². The molecule has 1 atom stereocenters. The van der Waals surface area contributed by atoms with E-state index in [0.29, 0.717) is 29.4 Å². The Kier molecular flexibility index (Phi) is 6.60. The number of nitrogens with zero attached hydrogens (tertiary/aromatic N) is 2. The molecule has 0 aliphatic carbocycles. The first-order valence-corrected chi connectivity index (χ1v) is 11.8. The zero-order valence-electron chi connectivity index (χ0n) is 19.3. The topological polar surface area (TPSA) is 128 Å². The number of hydrogen-bond donors (Lipinski definition) is 1. The molecule has 1 fully saturated rings. The number of non-ortho nitro benzene ring substituents is 1. The van der Waals surface area contributed by atoms with E-state index in [4.69, 9.17) is 21.1 Å². The summed E-state index contributed by atoms with van der Waals surface area (Å²) in [6.07, 6.45) is 1.58. The second-order valence-corrected chi connectivity index (χ2v) is 8.98. The van der Waals surface area contributed by atoms with Crippen LogP contribution in [-0.2, 0) is 4.74 Å². The van der Waals surface area contributed by atoms with Gasteiger partial charge in [-0.05, 0) is 49.2 Å². The van der Waals surface area contributed by atoms with Gasteiger partial charge in [-0.25, -0.2) is 0 Å². The summed E-state index contributed by atoms with van der Waals surface area (Å²) in [6, 6.07) is 14.8. The molecule has 3 aromatic rings. The normalized spacial score (nSPS) is 16.6. The average molecular weight is 522 g/mol. The number of benzene rings is 3. The second kappa shape index (κ2) is 10.00. The van der Waals surface area contributed by atoms with Gasteiger partial charge in [0.2, 0.25) is 0 Å². The number of carbonyl (C=O) groups excluding carboxylic acids is 3. The molecule has 0 spiro atoms. The minimum atomic E-state index is -0.599. The number of nitrogens with one attached hydrogen (secondary N) is 1. The predicted octanol–water partition coefficient (Wildman–Crippen LogP) is 5.07. The SMILES string of the molecule is O=C(Nc1cccc(Oc2ccc3c(c2)C(=O)N(CC2CCCO2)C3=O)c1)c1ccc([N+](=O)[O-])cc1Cl. The fraction of sp³-hybridized carbons (Fsp3) is 0.192. The molecule has 0 saturated carbocycles. The van der Waals surface area contributed by atoms with Crippen LogP contribution in [0.3, 0.4) is 0 Å². The Labute approximate surface area is 215 Å². The number of hydrogen-bond acceptors (Lipinski definition) is 7. The minimum Gasteiger partial charge on any atom is -0.457 e. The first kappa shape index (κ1) is 24.4. The monoisotopic (exact) mass is 521 g/mol. The smallest absolute Gasteiger partial charge is 0.270 e. The Morgan fingerprint density at radius 2 is 1.86 bits per heavy atom. The van der Waals surface area contributed by atoms with Gasteiger partial charge in [-0.15, -0.1) is 0 Å². The van der Waals surface area contributed by atoms with Crippen molar-refractivity contribution < 1.29 is 28.8 Å². The van der Waals surface area contributed by atoms with Crippen molar-refractivity contribution in [2.24, 2.45) is 0 Å². The van der Waals surface area contributed by atoms with Crippen LogP contribution in [0.5, 0.6) is 11.5 Å². The van der Waals surface area contributed by atoms with Crippen LogP contribution in [0, 0.1) is 10.1 Å². The summed E-state index contributed by atoms with van der Waals surface area (Å²) in [5, 5.41) is 13.5. The van der Waals surface area contributed by atoms with E-state index >= 15 is 0 Å². The zero-order valence-corrected chi connectivity index (χ0v) is 20.1. The fourth-order valence-corrected chi connectivity index (χ4v) is 4.53. The third kappa shape index (κ3) is 5.02. The van der Waals surface area contributed by atoms with E-state index in [1.165, 1.54) is 23.1 Å². The maximum atomic E-state index is 12.9. The summed E-state index contributed by atoms with van der Waals surface area (Å²) in [7, 11) is 0. The molecule has 0 aromatic heterocycles. The van der Waals surface area contributed by atoms with Crippen molar-refractivity contribution in [3.05, 3.63) is 92.5 Å². The molecule has 2 heterocycles. The van der Waals surface area contributed by atoms with Crippen LogP contribution in [0.1, 0.15) is 43.9 Å². The first-order chi connectivity index (χ1) is 17.8. The maximum absolute atomic E-state index is 12.9. The lowest BCUT2D eigenvalue weighted by Gasteiger charge is -2.17. The van der Waals surface area contributed by atoms with Gasteiger partial charge < -0.3 is 14.8 Å². The summed E-state index contributed by atoms with van der Waals surface area (Å²) in [4.78, 5) is 49.8. The third-order valence-corrected chi connectivity index (χ3v) is 6.40. The zero-order chi connectivity index (χ0) is 26.1. The molecule has 1 unspecified atom stereocenters. The summed E-state index contributed by atoms with van der Waals surface area (Å²) >= 11 is 6.05. The van der Waals surface area contributed by atoms with Crippen LogP contribution in [0.25, 0.3) is 0 Å². The van der Waals surface area contributed by atoms with Crippen LogP contribution in [-0.4, -0.2) is 46.8 Å². The number of halogens is 1. The van der Waals surface area contributed by atoms with Crippen molar-refractivity contribution in [3.63, 3.8) is 0 Å². The van der Waals surface area contributed by atoms with E-state index in [1.807, 2.05) is 0 Å². The highest BCUT2D eigenvalue weighted by Gasteiger charge is 2.37. The second-order valence-electron chi connectivity index (χ2n) is 8.57. The molecular formula is C26H20ClN3O7. The number of amides is 3. The molecule has 1 saturated heterocycles. The highest BCUT2D eigenvalue weighted by molar-refractivity contribution is 6.34. The van der Waals surface area contributed by atoms with Crippen LogP contribution in [0.4, 0.5) is 11.4 Å². The number of ether oxygens (including phenoxy) is 2. The van der Waals surface area contributed by atoms with Crippen molar-refractivity contribution in [2.75, 3.05) is 18.5 Å². The molecule has 10 nitrogen and oxygen atoms in total. The van der Waals surface area contributed by atoms with Crippen molar-refractivity contribution in [1.82, 2.24) is 4.90 Å². The number of nitro groups is 1. The maximum Gasteiger partial charge on any atom is 0.270 e. The molecule has 188 valence electrons. The Morgan fingerprint density at radius 3 is 2.59 bits per heavy atom. The van der Waals surface area contributed by atoms with Crippen molar-refractivity contribution >= 4 is 40.7 Å². The molecule has 2 aliphatic rings. The van der Waals surface area contributed by atoms with Gasteiger partial charge in [0, 0.05) is 30.5 Å². The van der Waals surface area contributed by atoms with E-state index in [1.54, 1.807) is 36.4 Å². The van der Waals surface area contributed by atoms with Crippen LogP contribution in [0.2, 0.25) is 5.02 Å². The summed E-state index contributed by atoms with van der Waals surface area (Å²) in [5.74, 6) is -0.565. The lowest BCUT2D eigenvalue weighted by Crippen LogP contribution is -2.36. The van der Waals surface area contributed by atoms with E-state index in [0.717, 1.165) is 18.9 Å². The first-order valence-electron chi connectivity index (χ1n) is 11.5. The molecule has 3 aromatic carbocycles. The van der Waals surface area contributed by atoms with Gasteiger partial charge >= 0.3 is 0 Å². The summed E-state index contributed by atoms with van der Waals surface area (Å²) in [6.45, 7) is 0.856. The number of carbonyl (C=O) groups is 3. The molecule has 11 heteroatoms. The highest BCUT2D eigenvalue weighted by atomic mass is 35.5. The van der Waals surface area contributed by atoms with Crippen molar-refractivity contribution in [2.45, 2.75) is 18.9 Å². The van der Waals surface area contributed by atoms with Gasteiger partial charge in [0.25, 0.3) is 23.4 Å². The highest BCUT2D eigenvalue weighted by Crippen LogP contribution is 2.31. The Bertz CT molecular complexity index is 1440. The largest absolute Gasteiger partial charge is 0.457 e. The van der Waals surface area contributed by atoms with Crippen molar-refractivity contribution in [1.29, 1.82) is 0 Å². The lowest BCUT2D eigenvalue weighted by molar-refractivity contribution is -0.384. The number of rotatable bonds is 7. The standard InChI is InChI=1S/C26H20ClN3O7/c27-23-12-16(30(34)35)6-8-21(23)24(31)28-15-3-1-4-17(11-15)37-18-7-9-20-22(13-18)26(33)29(25(20)32)14-19-5-2-10-36-19/h1,3-4,6-9,11-13,19H,2,5,10,14H2,(H,28,31). The van der Waals surface area contributed by atoms with E-state index in [-0.39, 0.29) is 46.3 Å². The van der Waals surface area contributed by atoms with Gasteiger partial charge in [0.15, 0.2) is 0 Å². The van der Waals surface area contributed by atoms with Gasteiger partial charge in [-0.1, -0.05) is 17.7 Å². The molecule has 0 radical (unpaired) electrons. The van der Waals surface area contributed by atoms with Gasteiger partial charge in [0.05, 0.1) is 39.3 Å².